The Morgan fingerprint density at radius 2 is 1.82 bits per heavy atom. The molecule has 0 spiro atoms. The summed E-state index contributed by atoms with van der Waals surface area (Å²) in [6, 6.07) is 18.1. The lowest BCUT2D eigenvalue weighted by molar-refractivity contribution is -0.115. The molecular formula is C22H22ClN3OS. The number of thiazole rings is 1. The van der Waals surface area contributed by atoms with E-state index in [1.165, 1.54) is 5.56 Å². The Morgan fingerprint density at radius 1 is 1.11 bits per heavy atom. The minimum Gasteiger partial charge on any atom is -0.326 e. The van der Waals surface area contributed by atoms with Crippen LogP contribution in [0.25, 0.3) is 16.2 Å². The molecule has 0 saturated carbocycles. The molecule has 6 heteroatoms. The summed E-state index contributed by atoms with van der Waals surface area (Å²) in [7, 11) is 0. The molecule has 2 aromatic carbocycles. The summed E-state index contributed by atoms with van der Waals surface area (Å²) in [5.41, 5.74) is 5.04. The van der Waals surface area contributed by atoms with Crippen molar-refractivity contribution in [2.24, 2.45) is 0 Å². The third kappa shape index (κ3) is 4.26. The van der Waals surface area contributed by atoms with Crippen LogP contribution in [0, 0.1) is 0 Å². The molecular weight excluding hydrogens is 390 g/mol. The minimum atomic E-state index is -0.0260. The highest BCUT2D eigenvalue weighted by Crippen LogP contribution is 2.24. The molecule has 0 unspecified atom stereocenters. The molecule has 1 N–H and O–H groups in total. The summed E-state index contributed by atoms with van der Waals surface area (Å²) in [5.74, 6) is 0.454. The van der Waals surface area contributed by atoms with Gasteiger partial charge in [0, 0.05) is 28.5 Å². The highest BCUT2D eigenvalue weighted by atomic mass is 35.5. The number of rotatable bonds is 5. The van der Waals surface area contributed by atoms with Gasteiger partial charge in [-0.2, -0.15) is 0 Å². The fourth-order valence-corrected chi connectivity index (χ4v) is 3.90. The number of hydrogen-bond acceptors (Lipinski definition) is 3. The van der Waals surface area contributed by atoms with E-state index in [4.69, 9.17) is 0 Å². The highest BCUT2D eigenvalue weighted by Gasteiger charge is 2.13. The van der Waals surface area contributed by atoms with Crippen LogP contribution in [0.3, 0.4) is 0 Å². The summed E-state index contributed by atoms with van der Waals surface area (Å²) in [5, 5.41) is 4.98. The Morgan fingerprint density at radius 3 is 2.50 bits per heavy atom. The van der Waals surface area contributed by atoms with Crippen LogP contribution in [0.5, 0.6) is 0 Å². The molecule has 1 amide bonds. The molecule has 2 heterocycles. The highest BCUT2D eigenvalue weighted by molar-refractivity contribution is 7.15. The lowest BCUT2D eigenvalue weighted by atomic mass is 10.0. The van der Waals surface area contributed by atoms with E-state index in [1.54, 1.807) is 11.3 Å². The van der Waals surface area contributed by atoms with Gasteiger partial charge < -0.3 is 5.32 Å². The number of benzene rings is 2. The lowest BCUT2D eigenvalue weighted by Crippen LogP contribution is -2.15. The van der Waals surface area contributed by atoms with Crippen molar-refractivity contribution in [1.82, 2.24) is 9.38 Å². The molecule has 0 aliphatic rings. The van der Waals surface area contributed by atoms with Gasteiger partial charge in [0.2, 0.25) is 5.91 Å². The smallest absolute Gasteiger partial charge is 0.230 e. The number of carbonyl (C=O) groups is 1. The predicted molar refractivity (Wildman–Crippen MR) is 119 cm³/mol. The number of hydrogen-bond donors (Lipinski definition) is 1. The fourth-order valence-electron chi connectivity index (χ4n) is 3.03. The maximum atomic E-state index is 12.5. The first-order valence-corrected chi connectivity index (χ1v) is 9.89. The quantitative estimate of drug-likeness (QED) is 0.451. The van der Waals surface area contributed by atoms with Crippen molar-refractivity contribution in [1.29, 1.82) is 0 Å². The van der Waals surface area contributed by atoms with Crippen LogP contribution in [0.15, 0.2) is 66.2 Å². The summed E-state index contributed by atoms with van der Waals surface area (Å²) in [6.07, 6.45) is 2.32. The number of nitrogens with zero attached hydrogens (tertiary/aromatic N) is 2. The SMILES string of the molecule is CC(C)c1ccc(NC(=O)Cc2csc3nc(-c4ccccc4)cn23)cc1.Cl. The van der Waals surface area contributed by atoms with Crippen LogP contribution < -0.4 is 5.32 Å². The van der Waals surface area contributed by atoms with Gasteiger partial charge in [-0.05, 0) is 23.6 Å². The van der Waals surface area contributed by atoms with E-state index in [2.05, 4.69) is 36.3 Å². The number of aromatic nitrogens is 2. The van der Waals surface area contributed by atoms with Crippen molar-refractivity contribution in [3.05, 3.63) is 77.4 Å². The van der Waals surface area contributed by atoms with Crippen LogP contribution >= 0.6 is 23.7 Å². The van der Waals surface area contributed by atoms with Gasteiger partial charge >= 0.3 is 0 Å². The van der Waals surface area contributed by atoms with E-state index >= 15 is 0 Å². The maximum Gasteiger partial charge on any atom is 0.230 e. The van der Waals surface area contributed by atoms with Crippen molar-refractivity contribution in [2.45, 2.75) is 26.2 Å². The molecule has 4 aromatic rings. The summed E-state index contributed by atoms with van der Waals surface area (Å²) >= 11 is 1.55. The van der Waals surface area contributed by atoms with Gasteiger partial charge in [0.25, 0.3) is 0 Å². The van der Waals surface area contributed by atoms with Crippen LogP contribution in [-0.4, -0.2) is 15.3 Å². The molecule has 0 fully saturated rings. The Kier molecular flexibility index (Phi) is 6.17. The molecule has 0 radical (unpaired) electrons. The Balaban J connectivity index is 0.00000225. The van der Waals surface area contributed by atoms with Gasteiger partial charge in [0.1, 0.15) is 0 Å². The molecule has 0 bridgehead atoms. The molecule has 0 aliphatic heterocycles. The Bertz CT molecular complexity index is 1070. The first-order valence-electron chi connectivity index (χ1n) is 9.01. The van der Waals surface area contributed by atoms with Gasteiger partial charge in [-0.25, -0.2) is 4.98 Å². The molecule has 0 saturated heterocycles. The summed E-state index contributed by atoms with van der Waals surface area (Å²) < 4.78 is 2.01. The summed E-state index contributed by atoms with van der Waals surface area (Å²) in [6.45, 7) is 4.31. The average molecular weight is 412 g/mol. The van der Waals surface area contributed by atoms with Gasteiger partial charge in [0.15, 0.2) is 4.96 Å². The van der Waals surface area contributed by atoms with Gasteiger partial charge in [-0.15, -0.1) is 23.7 Å². The second kappa shape index (κ2) is 8.59. The normalized spacial score (nSPS) is 10.8. The number of carbonyl (C=O) groups excluding carboxylic acids is 1. The lowest BCUT2D eigenvalue weighted by Gasteiger charge is -2.08. The van der Waals surface area contributed by atoms with E-state index in [9.17, 15) is 4.79 Å². The van der Waals surface area contributed by atoms with E-state index in [0.717, 1.165) is 27.6 Å². The molecule has 28 heavy (non-hydrogen) atoms. The third-order valence-electron chi connectivity index (χ3n) is 4.56. The minimum absolute atomic E-state index is 0. The topological polar surface area (TPSA) is 46.4 Å². The first kappa shape index (κ1) is 20.1. The molecule has 0 atom stereocenters. The summed E-state index contributed by atoms with van der Waals surface area (Å²) in [4.78, 5) is 18.1. The number of halogens is 1. The predicted octanol–water partition coefficient (Wildman–Crippen LogP) is 5.79. The van der Waals surface area contributed by atoms with Crippen LogP contribution in [0.1, 0.15) is 31.0 Å². The Hall–Kier alpha value is -2.63. The van der Waals surface area contributed by atoms with E-state index in [-0.39, 0.29) is 18.3 Å². The largest absolute Gasteiger partial charge is 0.326 e. The fraction of sp³-hybridized carbons (Fsp3) is 0.182. The van der Waals surface area contributed by atoms with E-state index in [0.29, 0.717) is 12.3 Å². The standard InChI is InChI=1S/C22H21N3OS.ClH/c1-15(2)16-8-10-18(11-9-16)23-21(26)12-19-14-27-22-24-20(13-25(19)22)17-6-4-3-5-7-17;/h3-11,13-15H,12H2,1-2H3,(H,23,26);1H. The number of amides is 1. The molecule has 2 aromatic heterocycles. The second-order valence-corrected chi connectivity index (χ2v) is 7.71. The van der Waals surface area contributed by atoms with Crippen molar-refractivity contribution in [2.75, 3.05) is 5.32 Å². The van der Waals surface area contributed by atoms with Crippen molar-refractivity contribution in [3.63, 3.8) is 0 Å². The zero-order valence-electron chi connectivity index (χ0n) is 15.8. The monoisotopic (exact) mass is 411 g/mol. The van der Waals surface area contributed by atoms with Crippen LogP contribution in [0.4, 0.5) is 5.69 Å². The number of anilines is 1. The zero-order valence-corrected chi connectivity index (χ0v) is 17.4. The molecule has 144 valence electrons. The number of imidazole rings is 1. The first-order chi connectivity index (χ1) is 13.1. The van der Waals surface area contributed by atoms with Crippen LogP contribution in [0.2, 0.25) is 0 Å². The van der Waals surface area contributed by atoms with Crippen molar-refractivity contribution >= 4 is 40.3 Å². The van der Waals surface area contributed by atoms with Crippen molar-refractivity contribution in [3.8, 4) is 11.3 Å². The van der Waals surface area contributed by atoms with Crippen molar-refractivity contribution < 1.29 is 4.79 Å². The van der Waals surface area contributed by atoms with E-state index in [1.807, 2.05) is 58.4 Å². The second-order valence-electron chi connectivity index (χ2n) is 6.87. The maximum absolute atomic E-state index is 12.5. The Labute approximate surface area is 174 Å². The van der Waals surface area contributed by atoms with Gasteiger partial charge in [-0.1, -0.05) is 56.3 Å². The van der Waals surface area contributed by atoms with Crippen LogP contribution in [-0.2, 0) is 11.2 Å². The average Bonchev–Trinajstić information content (AvgIpc) is 3.25. The molecule has 0 aliphatic carbocycles. The zero-order chi connectivity index (χ0) is 18.8. The van der Waals surface area contributed by atoms with Gasteiger partial charge in [-0.3, -0.25) is 9.20 Å². The number of fused-ring (bicyclic) bond motifs is 1. The molecule has 4 rings (SSSR count). The molecule has 4 nitrogen and oxygen atoms in total. The third-order valence-corrected chi connectivity index (χ3v) is 5.44. The number of nitrogens with one attached hydrogen (secondary N) is 1. The van der Waals surface area contributed by atoms with E-state index < -0.39 is 0 Å². The van der Waals surface area contributed by atoms with Gasteiger partial charge in [0.05, 0.1) is 12.1 Å².